The van der Waals surface area contributed by atoms with Gasteiger partial charge in [0.15, 0.2) is 5.69 Å². The zero-order valence-electron chi connectivity index (χ0n) is 10.8. The zero-order valence-corrected chi connectivity index (χ0v) is 13.2. The van der Waals surface area contributed by atoms with Gasteiger partial charge in [0, 0.05) is 16.6 Å². The SMILES string of the molecule is CNCc1sc(-c2ccc(Br)cc2C)nc1C(F)(F)F. The van der Waals surface area contributed by atoms with Crippen LogP contribution in [0.25, 0.3) is 10.6 Å². The average Bonchev–Trinajstić information content (AvgIpc) is 2.73. The number of hydrogen-bond donors (Lipinski definition) is 1. The molecule has 0 unspecified atom stereocenters. The van der Waals surface area contributed by atoms with E-state index in [1.54, 1.807) is 19.2 Å². The van der Waals surface area contributed by atoms with E-state index in [1.807, 2.05) is 13.0 Å². The Balaban J connectivity index is 2.53. The fourth-order valence-electron chi connectivity index (χ4n) is 1.84. The van der Waals surface area contributed by atoms with Crippen LogP contribution in [-0.2, 0) is 12.7 Å². The van der Waals surface area contributed by atoms with Gasteiger partial charge < -0.3 is 5.32 Å². The molecule has 0 saturated heterocycles. The van der Waals surface area contributed by atoms with Crippen molar-refractivity contribution in [2.45, 2.75) is 19.6 Å². The Labute approximate surface area is 127 Å². The lowest BCUT2D eigenvalue weighted by molar-refractivity contribution is -0.141. The number of aromatic nitrogens is 1. The van der Waals surface area contributed by atoms with Crippen LogP contribution in [-0.4, -0.2) is 12.0 Å². The Morgan fingerprint density at radius 2 is 2.05 bits per heavy atom. The Hall–Kier alpha value is -0.920. The fraction of sp³-hybridized carbons (Fsp3) is 0.308. The lowest BCUT2D eigenvalue weighted by Crippen LogP contribution is -2.12. The quantitative estimate of drug-likeness (QED) is 0.859. The van der Waals surface area contributed by atoms with Crippen LogP contribution in [0.3, 0.4) is 0 Å². The molecule has 108 valence electrons. The highest BCUT2D eigenvalue weighted by atomic mass is 79.9. The Morgan fingerprint density at radius 1 is 1.35 bits per heavy atom. The van der Waals surface area contributed by atoms with Crippen molar-refractivity contribution in [1.29, 1.82) is 0 Å². The van der Waals surface area contributed by atoms with Crippen molar-refractivity contribution in [2.75, 3.05) is 7.05 Å². The van der Waals surface area contributed by atoms with Gasteiger partial charge in [-0.15, -0.1) is 11.3 Å². The maximum Gasteiger partial charge on any atom is 0.434 e. The molecule has 0 aliphatic heterocycles. The number of thiazole rings is 1. The molecular formula is C13H12BrF3N2S. The van der Waals surface area contributed by atoms with Crippen LogP contribution in [0.15, 0.2) is 22.7 Å². The molecule has 1 aromatic carbocycles. The van der Waals surface area contributed by atoms with Gasteiger partial charge in [0.2, 0.25) is 0 Å². The molecule has 7 heteroatoms. The molecule has 2 aromatic rings. The first kappa shape index (κ1) is 15.5. The minimum absolute atomic E-state index is 0.155. The Kier molecular flexibility index (Phi) is 4.51. The van der Waals surface area contributed by atoms with E-state index in [0.717, 1.165) is 26.9 Å². The van der Waals surface area contributed by atoms with Gasteiger partial charge in [0.25, 0.3) is 0 Å². The van der Waals surface area contributed by atoms with Gasteiger partial charge in [0.05, 0.1) is 4.88 Å². The molecule has 1 heterocycles. The van der Waals surface area contributed by atoms with Gasteiger partial charge in [0.1, 0.15) is 5.01 Å². The van der Waals surface area contributed by atoms with Crippen LogP contribution in [0.2, 0.25) is 0 Å². The van der Waals surface area contributed by atoms with Crippen LogP contribution in [0.4, 0.5) is 13.2 Å². The van der Waals surface area contributed by atoms with E-state index >= 15 is 0 Å². The average molecular weight is 365 g/mol. The molecule has 0 aliphatic rings. The van der Waals surface area contributed by atoms with Gasteiger partial charge in [-0.05, 0) is 31.7 Å². The van der Waals surface area contributed by atoms with Crippen molar-refractivity contribution in [1.82, 2.24) is 10.3 Å². The number of alkyl halides is 3. The van der Waals surface area contributed by atoms with E-state index in [1.165, 1.54) is 0 Å². The van der Waals surface area contributed by atoms with E-state index in [9.17, 15) is 13.2 Å². The van der Waals surface area contributed by atoms with E-state index < -0.39 is 11.9 Å². The second kappa shape index (κ2) is 5.83. The van der Waals surface area contributed by atoms with Crippen molar-refractivity contribution >= 4 is 27.3 Å². The molecule has 0 radical (unpaired) electrons. The van der Waals surface area contributed by atoms with E-state index in [4.69, 9.17) is 0 Å². The second-order valence-corrected chi connectivity index (χ2v) is 6.28. The van der Waals surface area contributed by atoms with Gasteiger partial charge in [-0.25, -0.2) is 4.98 Å². The molecule has 0 bridgehead atoms. The summed E-state index contributed by atoms with van der Waals surface area (Å²) in [6.45, 7) is 2.01. The smallest absolute Gasteiger partial charge is 0.315 e. The number of benzene rings is 1. The van der Waals surface area contributed by atoms with E-state index in [-0.39, 0.29) is 11.4 Å². The molecule has 0 saturated carbocycles. The van der Waals surface area contributed by atoms with Crippen molar-refractivity contribution < 1.29 is 13.2 Å². The number of halogens is 4. The van der Waals surface area contributed by atoms with Crippen molar-refractivity contribution in [3.8, 4) is 10.6 Å². The largest absolute Gasteiger partial charge is 0.434 e. The highest BCUT2D eigenvalue weighted by molar-refractivity contribution is 9.10. The minimum Gasteiger partial charge on any atom is -0.315 e. The summed E-state index contributed by atoms with van der Waals surface area (Å²) in [7, 11) is 1.62. The molecule has 20 heavy (non-hydrogen) atoms. The van der Waals surface area contributed by atoms with Crippen LogP contribution < -0.4 is 5.32 Å². The summed E-state index contributed by atoms with van der Waals surface area (Å²) in [5.74, 6) is 0. The molecule has 0 atom stereocenters. The number of aryl methyl sites for hydroxylation is 1. The molecular weight excluding hydrogens is 353 g/mol. The summed E-state index contributed by atoms with van der Waals surface area (Å²) in [6, 6.07) is 5.44. The predicted molar refractivity (Wildman–Crippen MR) is 77.8 cm³/mol. The van der Waals surface area contributed by atoms with Gasteiger partial charge in [-0.3, -0.25) is 0 Å². The van der Waals surface area contributed by atoms with E-state index in [0.29, 0.717) is 5.01 Å². The topological polar surface area (TPSA) is 24.9 Å². The van der Waals surface area contributed by atoms with Gasteiger partial charge in [-0.1, -0.05) is 22.0 Å². The van der Waals surface area contributed by atoms with Crippen LogP contribution in [0.5, 0.6) is 0 Å². The first-order valence-corrected chi connectivity index (χ1v) is 7.42. The van der Waals surface area contributed by atoms with Gasteiger partial charge in [-0.2, -0.15) is 13.2 Å². The van der Waals surface area contributed by atoms with Crippen LogP contribution in [0, 0.1) is 6.92 Å². The summed E-state index contributed by atoms with van der Waals surface area (Å²) in [5, 5.41) is 3.14. The van der Waals surface area contributed by atoms with Crippen LogP contribution >= 0.6 is 27.3 Å². The minimum atomic E-state index is -4.43. The number of nitrogens with one attached hydrogen (secondary N) is 1. The maximum absolute atomic E-state index is 13.0. The third-order valence-electron chi connectivity index (χ3n) is 2.72. The third kappa shape index (κ3) is 3.21. The predicted octanol–water partition coefficient (Wildman–Crippen LogP) is 4.62. The number of hydrogen-bond acceptors (Lipinski definition) is 3. The molecule has 1 aromatic heterocycles. The first-order chi connectivity index (χ1) is 9.32. The van der Waals surface area contributed by atoms with Crippen molar-refractivity contribution in [3.63, 3.8) is 0 Å². The summed E-state index contributed by atoms with van der Waals surface area (Å²) in [5.41, 5.74) is 0.818. The van der Waals surface area contributed by atoms with Gasteiger partial charge >= 0.3 is 6.18 Å². The summed E-state index contributed by atoms with van der Waals surface area (Å²) in [6.07, 6.45) is -4.43. The molecule has 2 rings (SSSR count). The molecule has 0 fully saturated rings. The molecule has 0 aliphatic carbocycles. The zero-order chi connectivity index (χ0) is 14.9. The lowest BCUT2D eigenvalue weighted by atomic mass is 10.1. The normalized spacial score (nSPS) is 11.9. The molecule has 0 amide bonds. The third-order valence-corrected chi connectivity index (χ3v) is 4.30. The highest BCUT2D eigenvalue weighted by Gasteiger charge is 2.37. The Bertz CT molecular complexity index is 623. The number of nitrogens with zero attached hydrogens (tertiary/aromatic N) is 1. The maximum atomic E-state index is 13.0. The molecule has 2 nitrogen and oxygen atoms in total. The highest BCUT2D eigenvalue weighted by Crippen LogP contribution is 2.38. The summed E-state index contributed by atoms with van der Waals surface area (Å²) < 4.78 is 39.8. The summed E-state index contributed by atoms with van der Waals surface area (Å²) in [4.78, 5) is 4.00. The van der Waals surface area contributed by atoms with E-state index in [2.05, 4.69) is 26.2 Å². The molecule has 0 spiro atoms. The monoisotopic (exact) mass is 364 g/mol. The van der Waals surface area contributed by atoms with Crippen molar-refractivity contribution in [2.24, 2.45) is 0 Å². The standard InChI is InChI=1S/C13H12BrF3N2S/c1-7-5-8(14)3-4-9(7)12-19-11(13(15,16)17)10(20-12)6-18-2/h3-5,18H,6H2,1-2H3. The lowest BCUT2D eigenvalue weighted by Gasteiger charge is -2.05. The molecule has 1 N–H and O–H groups in total. The first-order valence-electron chi connectivity index (χ1n) is 5.81. The number of rotatable bonds is 3. The fourth-order valence-corrected chi connectivity index (χ4v) is 3.50. The summed E-state index contributed by atoms with van der Waals surface area (Å²) >= 11 is 4.41. The van der Waals surface area contributed by atoms with Crippen molar-refractivity contribution in [3.05, 3.63) is 38.8 Å². The Morgan fingerprint density at radius 3 is 2.60 bits per heavy atom. The second-order valence-electron chi connectivity index (χ2n) is 4.28. The van der Waals surface area contributed by atoms with Crippen LogP contribution in [0.1, 0.15) is 16.1 Å².